The van der Waals surface area contributed by atoms with Crippen LogP contribution in [0.4, 0.5) is 0 Å². The maximum absolute atomic E-state index is 12.5. The maximum atomic E-state index is 12.5. The van der Waals surface area contributed by atoms with Crippen molar-refractivity contribution in [2.45, 2.75) is 25.8 Å². The van der Waals surface area contributed by atoms with E-state index in [0.717, 1.165) is 17.8 Å². The first-order valence-electron chi connectivity index (χ1n) is 7.23. The number of amides is 1. The molecule has 1 unspecified atom stereocenters. The van der Waals surface area contributed by atoms with Crippen molar-refractivity contribution in [3.8, 4) is 5.69 Å². The summed E-state index contributed by atoms with van der Waals surface area (Å²) in [4.78, 5) is 25.1. The van der Waals surface area contributed by atoms with E-state index in [1.54, 1.807) is 16.8 Å². The molecule has 2 heterocycles. The zero-order valence-corrected chi connectivity index (χ0v) is 12.3. The standard InChI is InChI=1S/C16H17N3O3/c1-11-8-10-19(17-11)13-6-4-12(5-7-13)15(20)18-9-2-3-14(18)16(21)22/h4-8,10,14H,2-3,9H2,1H3,(H,21,22). The van der Waals surface area contributed by atoms with Crippen molar-refractivity contribution in [2.24, 2.45) is 0 Å². The number of likely N-dealkylation sites (tertiary alicyclic amines) is 1. The number of carboxylic acid groups (broad SMARTS) is 1. The van der Waals surface area contributed by atoms with Gasteiger partial charge in [-0.3, -0.25) is 4.79 Å². The molecule has 114 valence electrons. The molecule has 1 aromatic heterocycles. The van der Waals surface area contributed by atoms with E-state index >= 15 is 0 Å². The summed E-state index contributed by atoms with van der Waals surface area (Å²) in [5, 5.41) is 13.5. The highest BCUT2D eigenvalue weighted by atomic mass is 16.4. The van der Waals surface area contributed by atoms with Gasteiger partial charge in [0.2, 0.25) is 0 Å². The van der Waals surface area contributed by atoms with Crippen molar-refractivity contribution in [1.29, 1.82) is 0 Å². The lowest BCUT2D eigenvalue weighted by atomic mass is 10.1. The molecule has 1 fully saturated rings. The molecule has 1 saturated heterocycles. The predicted octanol–water partition coefficient (Wildman–Crippen LogP) is 1.87. The summed E-state index contributed by atoms with van der Waals surface area (Å²) in [5.41, 5.74) is 2.28. The van der Waals surface area contributed by atoms with Gasteiger partial charge in [0, 0.05) is 18.3 Å². The number of hydrogen-bond acceptors (Lipinski definition) is 3. The van der Waals surface area contributed by atoms with Crippen LogP contribution in [0.25, 0.3) is 5.69 Å². The van der Waals surface area contributed by atoms with E-state index in [-0.39, 0.29) is 5.91 Å². The monoisotopic (exact) mass is 299 g/mol. The molecule has 6 heteroatoms. The minimum atomic E-state index is -0.936. The number of aromatic nitrogens is 2. The predicted molar refractivity (Wildman–Crippen MR) is 80.0 cm³/mol. The fourth-order valence-corrected chi connectivity index (χ4v) is 2.75. The first-order valence-corrected chi connectivity index (χ1v) is 7.23. The van der Waals surface area contributed by atoms with Crippen LogP contribution in [0.1, 0.15) is 28.9 Å². The van der Waals surface area contributed by atoms with Gasteiger partial charge in [-0.05, 0) is 50.1 Å². The Morgan fingerprint density at radius 3 is 2.55 bits per heavy atom. The molecule has 0 spiro atoms. The van der Waals surface area contributed by atoms with Crippen molar-refractivity contribution in [1.82, 2.24) is 14.7 Å². The highest BCUT2D eigenvalue weighted by Crippen LogP contribution is 2.21. The number of aliphatic carboxylic acids is 1. The Bertz CT molecular complexity index is 706. The molecule has 1 aromatic carbocycles. The molecule has 22 heavy (non-hydrogen) atoms. The molecule has 1 amide bonds. The molecular formula is C16H17N3O3. The van der Waals surface area contributed by atoms with E-state index < -0.39 is 12.0 Å². The number of carbonyl (C=O) groups is 2. The number of aryl methyl sites for hydroxylation is 1. The van der Waals surface area contributed by atoms with Crippen LogP contribution in [-0.2, 0) is 4.79 Å². The van der Waals surface area contributed by atoms with Gasteiger partial charge in [-0.2, -0.15) is 5.10 Å². The summed E-state index contributed by atoms with van der Waals surface area (Å²) >= 11 is 0. The fraction of sp³-hybridized carbons (Fsp3) is 0.312. The van der Waals surface area contributed by atoms with Gasteiger partial charge in [-0.1, -0.05) is 0 Å². The van der Waals surface area contributed by atoms with Gasteiger partial charge in [-0.15, -0.1) is 0 Å². The molecule has 1 aliphatic heterocycles. The van der Waals surface area contributed by atoms with E-state index in [0.29, 0.717) is 18.5 Å². The summed E-state index contributed by atoms with van der Waals surface area (Å²) in [5.74, 6) is -1.16. The number of nitrogens with zero attached hydrogens (tertiary/aromatic N) is 3. The zero-order chi connectivity index (χ0) is 15.7. The fourth-order valence-electron chi connectivity index (χ4n) is 2.75. The third kappa shape index (κ3) is 2.59. The second-order valence-electron chi connectivity index (χ2n) is 5.44. The van der Waals surface area contributed by atoms with Crippen LogP contribution >= 0.6 is 0 Å². The average Bonchev–Trinajstić information content (AvgIpc) is 3.15. The van der Waals surface area contributed by atoms with E-state index in [4.69, 9.17) is 5.11 Å². The number of hydrogen-bond donors (Lipinski definition) is 1. The van der Waals surface area contributed by atoms with Crippen LogP contribution < -0.4 is 0 Å². The molecule has 0 saturated carbocycles. The minimum absolute atomic E-state index is 0.229. The molecule has 1 atom stereocenters. The molecule has 1 N–H and O–H groups in total. The lowest BCUT2D eigenvalue weighted by molar-refractivity contribution is -0.141. The lowest BCUT2D eigenvalue weighted by Gasteiger charge is -2.21. The Balaban J connectivity index is 1.80. The van der Waals surface area contributed by atoms with E-state index in [1.165, 1.54) is 4.90 Å². The van der Waals surface area contributed by atoms with E-state index in [1.807, 2.05) is 31.3 Å². The minimum Gasteiger partial charge on any atom is -0.480 e. The molecule has 0 radical (unpaired) electrons. The van der Waals surface area contributed by atoms with E-state index in [9.17, 15) is 9.59 Å². The Labute approximate surface area is 128 Å². The number of carbonyl (C=O) groups excluding carboxylic acids is 1. The van der Waals surface area contributed by atoms with E-state index in [2.05, 4.69) is 5.10 Å². The van der Waals surface area contributed by atoms with Crippen LogP contribution in [0.15, 0.2) is 36.5 Å². The molecule has 1 aliphatic rings. The summed E-state index contributed by atoms with van der Waals surface area (Å²) in [6.07, 6.45) is 3.10. The molecule has 3 rings (SSSR count). The molecule has 6 nitrogen and oxygen atoms in total. The smallest absolute Gasteiger partial charge is 0.326 e. The zero-order valence-electron chi connectivity index (χ0n) is 12.3. The molecular weight excluding hydrogens is 282 g/mol. The van der Waals surface area contributed by atoms with Crippen molar-refractivity contribution in [3.63, 3.8) is 0 Å². The van der Waals surface area contributed by atoms with Crippen LogP contribution in [-0.4, -0.2) is 44.3 Å². The SMILES string of the molecule is Cc1ccn(-c2ccc(C(=O)N3CCCC3C(=O)O)cc2)n1. The molecule has 0 aliphatic carbocycles. The average molecular weight is 299 g/mol. The molecule has 2 aromatic rings. The highest BCUT2D eigenvalue weighted by molar-refractivity contribution is 5.97. The van der Waals surface area contributed by atoms with Gasteiger partial charge in [0.1, 0.15) is 6.04 Å². The van der Waals surface area contributed by atoms with Crippen LogP contribution in [0.3, 0.4) is 0 Å². The maximum Gasteiger partial charge on any atom is 0.326 e. The summed E-state index contributed by atoms with van der Waals surface area (Å²) in [6, 6.07) is 8.25. The Kier molecular flexibility index (Phi) is 3.66. The Hall–Kier alpha value is -2.63. The van der Waals surface area contributed by atoms with Gasteiger partial charge in [0.15, 0.2) is 0 Å². The second-order valence-corrected chi connectivity index (χ2v) is 5.44. The van der Waals surface area contributed by atoms with Crippen molar-refractivity contribution in [3.05, 3.63) is 47.8 Å². The van der Waals surface area contributed by atoms with Crippen LogP contribution in [0, 0.1) is 6.92 Å². The molecule has 0 bridgehead atoms. The largest absolute Gasteiger partial charge is 0.480 e. The first-order chi connectivity index (χ1) is 10.6. The second kappa shape index (κ2) is 5.63. The number of benzene rings is 1. The summed E-state index contributed by atoms with van der Waals surface area (Å²) in [7, 11) is 0. The Morgan fingerprint density at radius 2 is 1.95 bits per heavy atom. The third-order valence-corrected chi connectivity index (χ3v) is 3.90. The van der Waals surface area contributed by atoms with Crippen molar-refractivity contribution < 1.29 is 14.7 Å². The quantitative estimate of drug-likeness (QED) is 0.938. The topological polar surface area (TPSA) is 75.4 Å². The van der Waals surface area contributed by atoms with Crippen LogP contribution in [0.2, 0.25) is 0 Å². The van der Waals surface area contributed by atoms with Gasteiger partial charge >= 0.3 is 5.97 Å². The van der Waals surface area contributed by atoms with Crippen LogP contribution in [0.5, 0.6) is 0 Å². The number of rotatable bonds is 3. The normalized spacial score (nSPS) is 17.7. The van der Waals surface area contributed by atoms with Gasteiger partial charge < -0.3 is 10.0 Å². The van der Waals surface area contributed by atoms with Gasteiger partial charge in [0.25, 0.3) is 5.91 Å². The highest BCUT2D eigenvalue weighted by Gasteiger charge is 2.34. The van der Waals surface area contributed by atoms with Crippen molar-refractivity contribution >= 4 is 11.9 Å². The van der Waals surface area contributed by atoms with Gasteiger partial charge in [0.05, 0.1) is 11.4 Å². The Morgan fingerprint density at radius 1 is 1.23 bits per heavy atom. The van der Waals surface area contributed by atoms with Crippen molar-refractivity contribution in [2.75, 3.05) is 6.54 Å². The summed E-state index contributed by atoms with van der Waals surface area (Å²) < 4.78 is 1.74. The third-order valence-electron chi connectivity index (χ3n) is 3.90. The summed E-state index contributed by atoms with van der Waals surface area (Å²) in [6.45, 7) is 2.41. The first kappa shape index (κ1) is 14.3. The lowest BCUT2D eigenvalue weighted by Crippen LogP contribution is -2.40. The van der Waals surface area contributed by atoms with Gasteiger partial charge in [-0.25, -0.2) is 9.48 Å². The number of carboxylic acids is 1.